The minimum atomic E-state index is -0.529. The van der Waals surface area contributed by atoms with Crippen LogP contribution in [0.25, 0.3) is 0 Å². The third-order valence-electron chi connectivity index (χ3n) is 2.96. The highest BCUT2D eigenvalue weighted by atomic mass is 16.6. The number of nitrogens with two attached hydrogens (primary N) is 1. The number of ether oxygens (including phenoxy) is 7. The van der Waals surface area contributed by atoms with Gasteiger partial charge in [-0.1, -0.05) is 18.2 Å². The van der Waals surface area contributed by atoms with Crippen LogP contribution in [-0.2, 0) is 38.0 Å². The molecule has 10 heteroatoms. The lowest BCUT2D eigenvalue weighted by atomic mass is 10.3. The second-order valence-electron chi connectivity index (χ2n) is 6.77. The molecule has 6 heterocycles. The van der Waals surface area contributed by atoms with E-state index in [0.717, 1.165) is 66.1 Å². The summed E-state index contributed by atoms with van der Waals surface area (Å²) in [6.07, 6.45) is 0.127. The molecule has 0 spiro atoms. The smallest absolute Gasteiger partial charge is 0.322 e. The highest BCUT2D eigenvalue weighted by Crippen LogP contribution is 2.08. The molecule has 0 aliphatic carbocycles. The Morgan fingerprint density at radius 2 is 1.25 bits per heavy atom. The molecule has 0 bridgehead atoms. The predicted octanol–water partition coefficient (Wildman–Crippen LogP) is 0.751. The van der Waals surface area contributed by atoms with Gasteiger partial charge in [0.25, 0.3) is 0 Å². The number of aromatic hydroxyl groups is 1. The Kier molecular flexibility index (Phi) is 17.5. The number of esters is 1. The number of phenolic OH excluding ortho intramolecular Hbond substituents is 1. The van der Waals surface area contributed by atoms with E-state index in [9.17, 15) is 4.79 Å². The number of epoxide rings is 6. The Hall–Kier alpha value is -1.79. The lowest BCUT2D eigenvalue weighted by Crippen LogP contribution is -2.29. The molecule has 184 valence electrons. The first kappa shape index (κ1) is 28.2. The maximum atomic E-state index is 10.7. The van der Waals surface area contributed by atoms with Crippen LogP contribution in [-0.4, -0.2) is 103 Å². The summed E-state index contributed by atoms with van der Waals surface area (Å²) in [4.78, 5) is 10.7. The molecule has 2 atom stereocenters. The van der Waals surface area contributed by atoms with Gasteiger partial charge in [0.05, 0.1) is 72.7 Å². The zero-order valence-corrected chi connectivity index (χ0v) is 18.8. The normalized spacial score (nSPS) is 21.1. The van der Waals surface area contributed by atoms with Gasteiger partial charge in [-0.25, -0.2) is 0 Å². The minimum Gasteiger partial charge on any atom is -0.508 e. The van der Waals surface area contributed by atoms with Crippen LogP contribution >= 0.6 is 0 Å². The van der Waals surface area contributed by atoms with E-state index in [1.54, 1.807) is 31.2 Å². The van der Waals surface area contributed by atoms with Crippen LogP contribution in [0.15, 0.2) is 30.3 Å². The number of rotatable bonds is 3. The quantitative estimate of drug-likeness (QED) is 0.490. The fourth-order valence-electron chi connectivity index (χ4n) is 0.899. The fourth-order valence-corrected chi connectivity index (χ4v) is 0.899. The summed E-state index contributed by atoms with van der Waals surface area (Å²) in [7, 11) is 0. The largest absolute Gasteiger partial charge is 0.508 e. The van der Waals surface area contributed by atoms with Gasteiger partial charge in [0.15, 0.2) is 0 Å². The molecular weight excluding hydrogens is 422 g/mol. The molecule has 10 nitrogen and oxygen atoms in total. The third kappa shape index (κ3) is 38.8. The van der Waals surface area contributed by atoms with Gasteiger partial charge in [-0.3, -0.25) is 4.79 Å². The molecule has 0 amide bonds. The molecule has 3 N–H and O–H groups in total. The van der Waals surface area contributed by atoms with Crippen LogP contribution in [0.2, 0.25) is 0 Å². The Morgan fingerprint density at radius 1 is 0.906 bits per heavy atom. The topological polar surface area (TPSA) is 148 Å². The summed E-state index contributed by atoms with van der Waals surface area (Å²) >= 11 is 0. The summed E-state index contributed by atoms with van der Waals surface area (Å²) in [6.45, 7) is 12.6. The number of hydrogen-bond donors (Lipinski definition) is 2. The predicted molar refractivity (Wildman–Crippen MR) is 117 cm³/mol. The van der Waals surface area contributed by atoms with Gasteiger partial charge in [-0.2, -0.15) is 0 Å². The van der Waals surface area contributed by atoms with E-state index in [1.807, 2.05) is 6.07 Å². The van der Waals surface area contributed by atoms with Gasteiger partial charge in [-0.05, 0) is 19.1 Å². The van der Waals surface area contributed by atoms with E-state index < -0.39 is 6.04 Å². The summed E-state index contributed by atoms with van der Waals surface area (Å²) in [6, 6.07) is 8.18. The molecule has 0 radical (unpaired) electrons. The number of para-hydroxylation sites is 1. The van der Waals surface area contributed by atoms with Crippen molar-refractivity contribution in [3.8, 4) is 5.75 Å². The minimum absolute atomic E-state index is 0.127. The molecule has 32 heavy (non-hydrogen) atoms. The molecule has 0 saturated carbocycles. The second kappa shape index (κ2) is 19.9. The van der Waals surface area contributed by atoms with Crippen LogP contribution in [0.3, 0.4) is 0 Å². The number of hydrogen-bond acceptors (Lipinski definition) is 10. The van der Waals surface area contributed by atoms with E-state index in [4.69, 9.17) is 20.3 Å². The van der Waals surface area contributed by atoms with Crippen LogP contribution in [0.5, 0.6) is 5.75 Å². The Balaban J connectivity index is 0.000000200. The first-order valence-corrected chi connectivity index (χ1v) is 10.8. The van der Waals surface area contributed by atoms with Gasteiger partial charge < -0.3 is 44.0 Å². The first-order chi connectivity index (χ1) is 15.6. The first-order valence-electron chi connectivity index (χ1n) is 10.8. The van der Waals surface area contributed by atoms with Crippen molar-refractivity contribution in [2.45, 2.75) is 19.1 Å². The molecule has 2 unspecified atom stereocenters. The number of phenols is 1. The maximum absolute atomic E-state index is 10.7. The lowest BCUT2D eigenvalue weighted by molar-refractivity contribution is -0.145. The van der Waals surface area contributed by atoms with Crippen molar-refractivity contribution in [1.82, 2.24) is 0 Å². The molecule has 1 aromatic carbocycles. The van der Waals surface area contributed by atoms with E-state index in [1.165, 1.54) is 0 Å². The summed E-state index contributed by atoms with van der Waals surface area (Å²) in [5, 5.41) is 8.63. The van der Waals surface area contributed by atoms with Gasteiger partial charge in [-0.15, -0.1) is 0 Å². The lowest BCUT2D eigenvalue weighted by Gasteiger charge is -2.03. The van der Waals surface area contributed by atoms with E-state index in [0.29, 0.717) is 19.0 Å². The van der Waals surface area contributed by atoms with E-state index >= 15 is 0 Å². The van der Waals surface area contributed by atoms with Crippen molar-refractivity contribution >= 4 is 5.97 Å². The molecular formula is C22H37NO9. The fraction of sp³-hybridized carbons (Fsp3) is 0.682. The van der Waals surface area contributed by atoms with Gasteiger partial charge in [0.1, 0.15) is 24.5 Å². The van der Waals surface area contributed by atoms with Crippen molar-refractivity contribution in [3.05, 3.63) is 30.3 Å². The third-order valence-corrected chi connectivity index (χ3v) is 2.96. The number of carbonyl (C=O) groups is 1. The standard InChI is InChI=1S/C6H11NO3.C6H6O.5C2H4O/c1-4(7)6(8)10-3-5-2-9-5;7-6-4-2-1-3-5-6;5*1-2-3-1/h4-5H,2-3,7H2,1H3;1-5,7H;5*1-2H2. The van der Waals surface area contributed by atoms with Crippen molar-refractivity contribution in [1.29, 1.82) is 0 Å². The average Bonchev–Trinajstić information content (AvgIpc) is 3.65. The molecule has 6 fully saturated rings. The van der Waals surface area contributed by atoms with E-state index in [2.05, 4.69) is 23.7 Å². The Morgan fingerprint density at radius 3 is 1.44 bits per heavy atom. The van der Waals surface area contributed by atoms with Gasteiger partial charge >= 0.3 is 5.97 Å². The molecule has 6 aliphatic rings. The van der Waals surface area contributed by atoms with Crippen molar-refractivity contribution in [2.75, 3.05) is 79.3 Å². The van der Waals surface area contributed by atoms with Gasteiger partial charge in [0, 0.05) is 0 Å². The average molecular weight is 460 g/mol. The van der Waals surface area contributed by atoms with Crippen LogP contribution < -0.4 is 5.73 Å². The Labute approximate surface area is 189 Å². The molecule has 1 aromatic rings. The zero-order valence-electron chi connectivity index (χ0n) is 18.8. The molecule has 6 aliphatic heterocycles. The summed E-state index contributed by atoms with van der Waals surface area (Å²) in [5.41, 5.74) is 5.23. The summed E-state index contributed by atoms with van der Waals surface area (Å²) in [5.74, 6) is -0.0435. The van der Waals surface area contributed by atoms with Crippen molar-refractivity contribution in [2.24, 2.45) is 5.73 Å². The van der Waals surface area contributed by atoms with Crippen LogP contribution in [0.4, 0.5) is 0 Å². The highest BCUT2D eigenvalue weighted by Gasteiger charge is 2.24. The zero-order chi connectivity index (χ0) is 23.3. The number of benzene rings is 1. The monoisotopic (exact) mass is 459 g/mol. The van der Waals surface area contributed by atoms with Crippen LogP contribution in [0.1, 0.15) is 6.92 Å². The van der Waals surface area contributed by atoms with Gasteiger partial charge in [0.2, 0.25) is 0 Å². The second-order valence-corrected chi connectivity index (χ2v) is 6.77. The number of carbonyl (C=O) groups excluding carboxylic acids is 1. The Bertz CT molecular complexity index is 497. The molecule has 6 saturated heterocycles. The maximum Gasteiger partial charge on any atom is 0.322 e. The highest BCUT2D eigenvalue weighted by molar-refractivity contribution is 5.74. The van der Waals surface area contributed by atoms with E-state index in [-0.39, 0.29) is 12.1 Å². The molecule has 0 aromatic heterocycles. The summed E-state index contributed by atoms with van der Waals surface area (Å²) < 4.78 is 32.1. The van der Waals surface area contributed by atoms with Crippen molar-refractivity contribution < 1.29 is 43.1 Å². The SMILES string of the molecule is C1CO1.C1CO1.C1CO1.C1CO1.C1CO1.CC(N)C(=O)OCC1CO1.Oc1ccccc1. The van der Waals surface area contributed by atoms with Crippen LogP contribution in [0, 0.1) is 0 Å². The van der Waals surface area contributed by atoms with Crippen molar-refractivity contribution in [3.63, 3.8) is 0 Å². The molecule has 7 rings (SSSR count).